The molecule has 20 heavy (non-hydrogen) atoms. The van der Waals surface area contributed by atoms with Gasteiger partial charge in [-0.1, -0.05) is 6.92 Å². The average Bonchev–Trinajstić information content (AvgIpc) is 2.87. The molecule has 0 atom stereocenters. The molecule has 0 aliphatic rings. The first-order valence-electron chi connectivity index (χ1n) is 6.94. The molecular weight excluding hydrogens is 272 g/mol. The lowest BCUT2D eigenvalue weighted by molar-refractivity contribution is 0.206. The van der Waals surface area contributed by atoms with Gasteiger partial charge in [-0.3, -0.25) is 0 Å². The molecule has 2 rings (SSSR count). The topological polar surface area (TPSA) is 50.3 Å². The Balaban J connectivity index is 2.44. The number of ether oxygens (including phenoxy) is 1. The second kappa shape index (κ2) is 6.85. The number of nitrogens with zero attached hydrogens (tertiary/aromatic N) is 3. The lowest BCUT2D eigenvalue weighted by atomic mass is 10.3. The van der Waals surface area contributed by atoms with E-state index in [2.05, 4.69) is 33.2 Å². The first kappa shape index (κ1) is 15.0. The fourth-order valence-corrected chi connectivity index (χ4v) is 2.95. The molecule has 0 saturated carbocycles. The van der Waals surface area contributed by atoms with Crippen LogP contribution in [-0.4, -0.2) is 43.8 Å². The van der Waals surface area contributed by atoms with Gasteiger partial charge in [-0.15, -0.1) is 11.3 Å². The van der Waals surface area contributed by atoms with Crippen LogP contribution in [0.25, 0.3) is 10.2 Å². The molecule has 0 fully saturated rings. The predicted octanol–water partition coefficient (Wildman–Crippen LogP) is 2.77. The monoisotopic (exact) mass is 294 g/mol. The Morgan fingerprint density at radius 3 is 2.80 bits per heavy atom. The highest BCUT2D eigenvalue weighted by atomic mass is 32.1. The van der Waals surface area contributed by atoms with Gasteiger partial charge in [0.2, 0.25) is 5.95 Å². The molecule has 6 heteroatoms. The number of likely N-dealkylation sites (N-methyl/N-ethyl adjacent to an activating group) is 1. The van der Waals surface area contributed by atoms with Crippen LogP contribution >= 0.6 is 11.3 Å². The molecular formula is C14H22N4OS. The highest BCUT2D eigenvalue weighted by Gasteiger charge is 2.14. The van der Waals surface area contributed by atoms with Crippen LogP contribution in [0.1, 0.15) is 18.7 Å². The molecule has 0 amide bonds. The number of hydrogen-bond donors (Lipinski definition) is 1. The predicted molar refractivity (Wildman–Crippen MR) is 86.1 cm³/mol. The number of aryl methyl sites for hydroxylation is 1. The van der Waals surface area contributed by atoms with Crippen molar-refractivity contribution in [3.8, 4) is 0 Å². The maximum Gasteiger partial charge on any atom is 0.226 e. The van der Waals surface area contributed by atoms with E-state index in [1.807, 2.05) is 14.0 Å². The van der Waals surface area contributed by atoms with Crippen LogP contribution in [0.15, 0.2) is 6.07 Å². The number of methoxy groups -OCH3 is 1. The second-order valence-corrected chi connectivity index (χ2v) is 5.72. The Bertz CT molecular complexity index is 570. The van der Waals surface area contributed by atoms with E-state index in [0.717, 1.165) is 35.5 Å². The van der Waals surface area contributed by atoms with Crippen molar-refractivity contribution in [2.24, 2.45) is 0 Å². The van der Waals surface area contributed by atoms with Crippen LogP contribution < -0.4 is 10.2 Å². The van der Waals surface area contributed by atoms with Gasteiger partial charge in [0.15, 0.2) is 0 Å². The van der Waals surface area contributed by atoms with Gasteiger partial charge in [-0.05, 0) is 19.4 Å². The van der Waals surface area contributed by atoms with Gasteiger partial charge in [0.25, 0.3) is 0 Å². The highest BCUT2D eigenvalue weighted by molar-refractivity contribution is 7.18. The first-order valence-corrected chi connectivity index (χ1v) is 7.75. The third-order valence-corrected chi connectivity index (χ3v) is 4.27. The van der Waals surface area contributed by atoms with Crippen molar-refractivity contribution in [3.05, 3.63) is 10.9 Å². The second-order valence-electron chi connectivity index (χ2n) is 4.60. The summed E-state index contributed by atoms with van der Waals surface area (Å²) in [5.74, 6) is 1.67. The minimum Gasteiger partial charge on any atom is -0.383 e. The summed E-state index contributed by atoms with van der Waals surface area (Å²) in [5.41, 5.74) is 0. The summed E-state index contributed by atoms with van der Waals surface area (Å²) in [6, 6.07) is 2.20. The molecule has 1 N–H and O–H groups in total. The van der Waals surface area contributed by atoms with Crippen molar-refractivity contribution in [2.75, 3.05) is 44.1 Å². The van der Waals surface area contributed by atoms with E-state index in [1.165, 1.54) is 4.88 Å². The van der Waals surface area contributed by atoms with Gasteiger partial charge in [-0.2, -0.15) is 4.98 Å². The number of hydrogen-bond acceptors (Lipinski definition) is 6. The molecule has 110 valence electrons. The van der Waals surface area contributed by atoms with Gasteiger partial charge in [0, 0.05) is 32.1 Å². The summed E-state index contributed by atoms with van der Waals surface area (Å²) in [7, 11) is 3.76. The lowest BCUT2D eigenvalue weighted by Gasteiger charge is -2.19. The zero-order chi connectivity index (χ0) is 14.5. The largest absolute Gasteiger partial charge is 0.383 e. The van der Waals surface area contributed by atoms with Crippen molar-refractivity contribution < 1.29 is 4.74 Å². The Kier molecular flexibility index (Phi) is 5.14. The zero-order valence-electron chi connectivity index (χ0n) is 12.6. The van der Waals surface area contributed by atoms with Gasteiger partial charge in [0.05, 0.1) is 12.0 Å². The molecule has 2 aromatic heterocycles. The molecule has 0 radical (unpaired) electrons. The lowest BCUT2D eigenvalue weighted by Crippen LogP contribution is -2.23. The number of rotatable bonds is 7. The maximum atomic E-state index is 5.15. The van der Waals surface area contributed by atoms with E-state index in [4.69, 9.17) is 4.74 Å². The quantitative estimate of drug-likeness (QED) is 0.851. The molecule has 5 nitrogen and oxygen atoms in total. The Morgan fingerprint density at radius 1 is 1.35 bits per heavy atom. The molecule has 0 bridgehead atoms. The van der Waals surface area contributed by atoms with Crippen molar-refractivity contribution in [1.82, 2.24) is 9.97 Å². The molecule has 0 saturated heterocycles. The summed E-state index contributed by atoms with van der Waals surface area (Å²) >= 11 is 1.74. The van der Waals surface area contributed by atoms with Crippen molar-refractivity contribution in [1.29, 1.82) is 0 Å². The van der Waals surface area contributed by atoms with Crippen molar-refractivity contribution in [3.63, 3.8) is 0 Å². The van der Waals surface area contributed by atoms with Crippen molar-refractivity contribution >= 4 is 33.3 Å². The molecule has 0 aliphatic heterocycles. The van der Waals surface area contributed by atoms with Crippen molar-refractivity contribution in [2.45, 2.75) is 20.3 Å². The molecule has 0 spiro atoms. The van der Waals surface area contributed by atoms with Gasteiger partial charge >= 0.3 is 0 Å². The van der Waals surface area contributed by atoms with E-state index in [0.29, 0.717) is 12.6 Å². The van der Waals surface area contributed by atoms with E-state index in [-0.39, 0.29) is 0 Å². The SMILES string of the molecule is CCNc1nc(N(C)CCOC)c2cc(CC)sc2n1. The number of nitrogens with one attached hydrogen (secondary N) is 1. The number of thiophene rings is 1. The standard InChI is InChI=1S/C14H22N4OS/c1-5-10-9-11-12(18(3)7-8-19-4)16-14(15-6-2)17-13(11)20-10/h9H,5-8H2,1-4H3,(H,15,16,17). The van der Waals surface area contributed by atoms with E-state index in [1.54, 1.807) is 18.4 Å². The normalized spacial score (nSPS) is 11.0. The maximum absolute atomic E-state index is 5.15. The minimum atomic E-state index is 0.684. The summed E-state index contributed by atoms with van der Waals surface area (Å²) in [4.78, 5) is 13.8. The van der Waals surface area contributed by atoms with Crippen LogP contribution in [0.2, 0.25) is 0 Å². The molecule has 0 aromatic carbocycles. The molecule has 2 aromatic rings. The fraction of sp³-hybridized carbons (Fsp3) is 0.571. The number of aromatic nitrogens is 2. The van der Waals surface area contributed by atoms with Crippen LogP contribution in [0, 0.1) is 0 Å². The third kappa shape index (κ3) is 3.19. The summed E-state index contributed by atoms with van der Waals surface area (Å²) < 4.78 is 5.15. The zero-order valence-corrected chi connectivity index (χ0v) is 13.4. The van der Waals surface area contributed by atoms with E-state index < -0.39 is 0 Å². The molecule has 2 heterocycles. The van der Waals surface area contributed by atoms with Gasteiger partial charge in [0.1, 0.15) is 10.6 Å². The van der Waals surface area contributed by atoms with Gasteiger partial charge < -0.3 is 15.0 Å². The third-order valence-electron chi connectivity index (χ3n) is 3.10. The fourth-order valence-electron chi connectivity index (χ4n) is 1.99. The Labute approximate surface area is 124 Å². The van der Waals surface area contributed by atoms with Crippen LogP contribution in [0.4, 0.5) is 11.8 Å². The van der Waals surface area contributed by atoms with Crippen LogP contribution in [0.5, 0.6) is 0 Å². The van der Waals surface area contributed by atoms with Crippen LogP contribution in [0.3, 0.4) is 0 Å². The Hall–Kier alpha value is -1.40. The minimum absolute atomic E-state index is 0.684. The average molecular weight is 294 g/mol. The van der Waals surface area contributed by atoms with Gasteiger partial charge in [-0.25, -0.2) is 4.98 Å². The molecule has 0 unspecified atom stereocenters. The summed E-state index contributed by atoms with van der Waals surface area (Å²) in [5, 5.41) is 4.34. The first-order chi connectivity index (χ1) is 9.69. The van der Waals surface area contributed by atoms with E-state index in [9.17, 15) is 0 Å². The molecule has 0 aliphatic carbocycles. The number of fused-ring (bicyclic) bond motifs is 1. The van der Waals surface area contributed by atoms with E-state index >= 15 is 0 Å². The Morgan fingerprint density at radius 2 is 2.15 bits per heavy atom. The summed E-state index contributed by atoms with van der Waals surface area (Å²) in [6.45, 7) is 6.53. The highest BCUT2D eigenvalue weighted by Crippen LogP contribution is 2.31. The summed E-state index contributed by atoms with van der Waals surface area (Å²) in [6.07, 6.45) is 1.03. The smallest absolute Gasteiger partial charge is 0.226 e. The van der Waals surface area contributed by atoms with Crippen LogP contribution in [-0.2, 0) is 11.2 Å². The number of anilines is 2.